The van der Waals surface area contributed by atoms with Crippen molar-refractivity contribution in [2.45, 2.75) is 53.2 Å². The molecule has 20 heavy (non-hydrogen) atoms. The second-order valence-electron chi connectivity index (χ2n) is 6.60. The first kappa shape index (κ1) is 17.9. The van der Waals surface area contributed by atoms with Crippen LogP contribution >= 0.6 is 0 Å². The molecular formula is C14H30N2O3S. The van der Waals surface area contributed by atoms with E-state index in [-0.39, 0.29) is 17.3 Å². The van der Waals surface area contributed by atoms with E-state index in [9.17, 15) is 8.42 Å². The fraction of sp³-hybridized carbons (Fsp3) is 1.00. The van der Waals surface area contributed by atoms with Gasteiger partial charge in [-0.05, 0) is 12.3 Å². The van der Waals surface area contributed by atoms with E-state index in [4.69, 9.17) is 4.74 Å². The minimum Gasteiger partial charge on any atom is -0.377 e. The zero-order chi connectivity index (χ0) is 15.4. The van der Waals surface area contributed by atoms with Gasteiger partial charge in [-0.1, -0.05) is 34.6 Å². The maximum absolute atomic E-state index is 11.5. The Labute approximate surface area is 123 Å². The van der Waals surface area contributed by atoms with Gasteiger partial charge < -0.3 is 10.1 Å². The van der Waals surface area contributed by atoms with Crippen LogP contribution in [0.15, 0.2) is 0 Å². The molecule has 1 aliphatic carbocycles. The third-order valence-corrected chi connectivity index (χ3v) is 5.40. The lowest BCUT2D eigenvalue weighted by atomic mass is 9.64. The van der Waals surface area contributed by atoms with Crippen LogP contribution in [0.5, 0.6) is 0 Å². The summed E-state index contributed by atoms with van der Waals surface area (Å²) in [5.74, 6) is 0.674. The van der Waals surface area contributed by atoms with E-state index in [2.05, 4.69) is 37.7 Å². The van der Waals surface area contributed by atoms with Crippen molar-refractivity contribution in [3.8, 4) is 0 Å². The van der Waals surface area contributed by atoms with E-state index >= 15 is 0 Å². The minimum absolute atomic E-state index is 0.0663. The van der Waals surface area contributed by atoms with Crippen molar-refractivity contribution in [2.24, 2.45) is 11.3 Å². The van der Waals surface area contributed by atoms with Crippen molar-refractivity contribution in [1.82, 2.24) is 10.0 Å². The van der Waals surface area contributed by atoms with Crippen LogP contribution in [0.4, 0.5) is 0 Å². The number of rotatable bonds is 9. The van der Waals surface area contributed by atoms with Crippen molar-refractivity contribution in [3.63, 3.8) is 0 Å². The first-order chi connectivity index (χ1) is 9.19. The van der Waals surface area contributed by atoms with Gasteiger partial charge in [0.2, 0.25) is 10.0 Å². The number of hydrogen-bond donors (Lipinski definition) is 2. The predicted octanol–water partition coefficient (Wildman–Crippen LogP) is 1.36. The highest BCUT2D eigenvalue weighted by atomic mass is 32.2. The van der Waals surface area contributed by atoms with Crippen LogP contribution in [0.3, 0.4) is 0 Å². The molecule has 0 spiro atoms. The van der Waals surface area contributed by atoms with Crippen LogP contribution in [-0.2, 0) is 14.8 Å². The van der Waals surface area contributed by atoms with Crippen LogP contribution < -0.4 is 10.0 Å². The van der Waals surface area contributed by atoms with E-state index in [1.807, 2.05) is 0 Å². The topological polar surface area (TPSA) is 67.4 Å². The molecule has 0 radical (unpaired) electrons. The second kappa shape index (κ2) is 7.20. The van der Waals surface area contributed by atoms with Gasteiger partial charge in [0, 0.05) is 31.2 Å². The summed E-state index contributed by atoms with van der Waals surface area (Å²) in [7, 11) is -3.13. The van der Waals surface area contributed by atoms with Crippen molar-refractivity contribution in [3.05, 3.63) is 0 Å². The fourth-order valence-electron chi connectivity index (χ4n) is 2.48. The lowest BCUT2D eigenvalue weighted by molar-refractivity contribution is -0.123. The summed E-state index contributed by atoms with van der Waals surface area (Å²) in [4.78, 5) is 0. The first-order valence-corrected chi connectivity index (χ1v) is 9.16. The van der Waals surface area contributed by atoms with Crippen LogP contribution in [0.2, 0.25) is 0 Å². The van der Waals surface area contributed by atoms with Gasteiger partial charge in [0.15, 0.2) is 0 Å². The second-order valence-corrected chi connectivity index (χ2v) is 8.52. The molecular weight excluding hydrogens is 276 g/mol. The van der Waals surface area contributed by atoms with Gasteiger partial charge in [-0.2, -0.15) is 0 Å². The van der Waals surface area contributed by atoms with E-state index in [0.29, 0.717) is 25.0 Å². The molecule has 2 atom stereocenters. The maximum Gasteiger partial charge on any atom is 0.212 e. The molecule has 0 bridgehead atoms. The van der Waals surface area contributed by atoms with Gasteiger partial charge >= 0.3 is 0 Å². The normalized spacial score (nSPS) is 25.7. The molecule has 1 fully saturated rings. The molecule has 5 nitrogen and oxygen atoms in total. The average Bonchev–Trinajstić information content (AvgIpc) is 2.31. The molecule has 2 N–H and O–H groups in total. The van der Waals surface area contributed by atoms with Gasteiger partial charge in [-0.15, -0.1) is 0 Å². The minimum atomic E-state index is -3.13. The van der Waals surface area contributed by atoms with Gasteiger partial charge in [0.05, 0.1) is 11.9 Å². The molecule has 2 unspecified atom stereocenters. The number of hydrogen-bond acceptors (Lipinski definition) is 4. The summed E-state index contributed by atoms with van der Waals surface area (Å²) >= 11 is 0. The third-order valence-electron chi connectivity index (χ3n) is 3.93. The Hall–Kier alpha value is -0.170. The summed E-state index contributed by atoms with van der Waals surface area (Å²) in [6, 6.07) is 0.330. The Morgan fingerprint density at radius 3 is 2.50 bits per heavy atom. The van der Waals surface area contributed by atoms with Gasteiger partial charge in [0.25, 0.3) is 0 Å². The third kappa shape index (κ3) is 4.98. The van der Waals surface area contributed by atoms with Gasteiger partial charge in [-0.3, -0.25) is 0 Å². The number of ether oxygens (including phenoxy) is 1. The molecule has 6 heteroatoms. The Bertz CT molecular complexity index is 393. The highest BCUT2D eigenvalue weighted by molar-refractivity contribution is 7.89. The zero-order valence-corrected chi connectivity index (χ0v) is 14.2. The van der Waals surface area contributed by atoms with Crippen LogP contribution in [0, 0.1) is 11.3 Å². The number of nitrogens with one attached hydrogen (secondary N) is 2. The monoisotopic (exact) mass is 306 g/mol. The molecule has 0 amide bonds. The van der Waals surface area contributed by atoms with Crippen molar-refractivity contribution < 1.29 is 13.2 Å². The molecule has 0 aromatic rings. The quantitative estimate of drug-likeness (QED) is 0.675. The smallest absolute Gasteiger partial charge is 0.212 e. The summed E-state index contributed by atoms with van der Waals surface area (Å²) in [5.41, 5.74) is 0.0663. The van der Waals surface area contributed by atoms with Crippen molar-refractivity contribution in [1.29, 1.82) is 0 Å². The molecule has 120 valence electrons. The van der Waals surface area contributed by atoms with Gasteiger partial charge in [-0.25, -0.2) is 13.1 Å². The van der Waals surface area contributed by atoms with E-state index in [1.54, 1.807) is 6.92 Å². The Morgan fingerprint density at radius 2 is 2.00 bits per heavy atom. The first-order valence-electron chi connectivity index (χ1n) is 7.51. The molecule has 0 saturated heterocycles. The molecule has 0 aliphatic heterocycles. The highest BCUT2D eigenvalue weighted by Crippen LogP contribution is 2.42. The standard InChI is InChI=1S/C14H30N2O3S/c1-6-16-20(17,18)8-7-15-12-9-13(14(12,4)5)19-10-11(2)3/h11-13,15-16H,6-10H2,1-5H3. The summed E-state index contributed by atoms with van der Waals surface area (Å²) in [6.45, 7) is 12.2. The Balaban J connectivity index is 2.30. The summed E-state index contributed by atoms with van der Waals surface area (Å²) in [5, 5.41) is 3.34. The van der Waals surface area contributed by atoms with Crippen LogP contribution in [-0.4, -0.2) is 46.0 Å². The van der Waals surface area contributed by atoms with E-state index < -0.39 is 10.0 Å². The lowest BCUT2D eigenvalue weighted by Crippen LogP contribution is -2.61. The molecule has 1 rings (SSSR count). The Morgan fingerprint density at radius 1 is 1.35 bits per heavy atom. The van der Waals surface area contributed by atoms with E-state index in [0.717, 1.165) is 13.0 Å². The SMILES string of the molecule is CCNS(=O)(=O)CCNC1CC(OCC(C)C)C1(C)C. The van der Waals surface area contributed by atoms with Crippen LogP contribution in [0.1, 0.15) is 41.0 Å². The molecule has 1 saturated carbocycles. The van der Waals surface area contributed by atoms with Crippen molar-refractivity contribution in [2.75, 3.05) is 25.4 Å². The zero-order valence-electron chi connectivity index (χ0n) is 13.4. The largest absolute Gasteiger partial charge is 0.377 e. The van der Waals surface area contributed by atoms with Crippen LogP contribution in [0.25, 0.3) is 0 Å². The number of sulfonamides is 1. The fourth-order valence-corrected chi connectivity index (χ4v) is 3.45. The lowest BCUT2D eigenvalue weighted by Gasteiger charge is -2.52. The average molecular weight is 306 g/mol. The highest BCUT2D eigenvalue weighted by Gasteiger charge is 2.48. The molecule has 0 heterocycles. The predicted molar refractivity (Wildman–Crippen MR) is 82.2 cm³/mol. The maximum atomic E-state index is 11.5. The van der Waals surface area contributed by atoms with Gasteiger partial charge in [0.1, 0.15) is 0 Å². The molecule has 0 aromatic carbocycles. The summed E-state index contributed by atoms with van der Waals surface area (Å²) < 4.78 is 31.5. The summed E-state index contributed by atoms with van der Waals surface area (Å²) in [6.07, 6.45) is 1.23. The van der Waals surface area contributed by atoms with Crippen molar-refractivity contribution >= 4 is 10.0 Å². The van der Waals surface area contributed by atoms with E-state index in [1.165, 1.54) is 0 Å². The molecule has 0 aromatic heterocycles. The molecule has 1 aliphatic rings. The Kier molecular flexibility index (Phi) is 6.44.